The Morgan fingerprint density at radius 1 is 1.12 bits per heavy atom. The van der Waals surface area contributed by atoms with Gasteiger partial charge in [0.05, 0.1) is 6.61 Å². The van der Waals surface area contributed by atoms with Crippen LogP contribution in [0.2, 0.25) is 0 Å². The first-order chi connectivity index (χ1) is 7.03. The van der Waals surface area contributed by atoms with E-state index in [2.05, 4.69) is 0 Å². The lowest BCUT2D eigenvalue weighted by Gasteiger charge is -2.40. The van der Waals surface area contributed by atoms with Gasteiger partial charge >= 0.3 is 10.2 Å². The van der Waals surface area contributed by atoms with Crippen LogP contribution in [0.1, 0.15) is 13.3 Å². The van der Waals surface area contributed by atoms with Crippen LogP contribution in [0, 0.1) is 0 Å². The fourth-order valence-corrected chi connectivity index (χ4v) is 1.70. The molecule has 0 radical (unpaired) electrons. The lowest BCUT2D eigenvalue weighted by atomic mass is 10.3. The van der Waals surface area contributed by atoms with Gasteiger partial charge in [0.2, 0.25) is 0 Å². The zero-order valence-electron chi connectivity index (χ0n) is 8.43. The third kappa shape index (κ3) is 3.55. The summed E-state index contributed by atoms with van der Waals surface area (Å²) in [5.41, 5.74) is 0. The molecule has 7 heteroatoms. The fourth-order valence-electron chi connectivity index (χ4n) is 1.02. The zero-order valence-corrected chi connectivity index (χ0v) is 9.25. The van der Waals surface area contributed by atoms with Crippen molar-refractivity contribution in [3.05, 3.63) is 24.3 Å². The van der Waals surface area contributed by atoms with Crippen molar-refractivity contribution in [3.63, 3.8) is 0 Å². The molecule has 1 aromatic rings. The van der Waals surface area contributed by atoms with Crippen molar-refractivity contribution in [2.75, 3.05) is 6.61 Å². The number of halogens is 5. The van der Waals surface area contributed by atoms with Crippen molar-refractivity contribution in [1.82, 2.24) is 0 Å². The third-order valence-electron chi connectivity index (χ3n) is 1.72. The molecule has 1 nitrogen and oxygen atoms in total. The van der Waals surface area contributed by atoms with E-state index in [9.17, 15) is 19.4 Å². The van der Waals surface area contributed by atoms with Gasteiger partial charge < -0.3 is 4.74 Å². The van der Waals surface area contributed by atoms with Gasteiger partial charge in [0.15, 0.2) is 0 Å². The first kappa shape index (κ1) is 13.1. The molecule has 0 saturated heterocycles. The smallest absolute Gasteiger partial charge is 0.310 e. The highest BCUT2D eigenvalue weighted by Gasteiger charge is 2.65. The van der Waals surface area contributed by atoms with Crippen LogP contribution < -0.4 is 4.74 Å². The first-order valence-electron chi connectivity index (χ1n) is 4.50. The van der Waals surface area contributed by atoms with E-state index in [4.69, 9.17) is 4.74 Å². The van der Waals surface area contributed by atoms with Crippen LogP contribution >= 0.6 is 10.2 Å². The fraction of sp³-hybridized carbons (Fsp3) is 0.333. The minimum atomic E-state index is -9.59. The molecule has 0 saturated carbocycles. The van der Waals surface area contributed by atoms with E-state index in [-0.39, 0.29) is 12.4 Å². The highest BCUT2D eigenvalue weighted by atomic mass is 32.5. The summed E-state index contributed by atoms with van der Waals surface area (Å²) in [5, 5.41) is 0. The average Bonchev–Trinajstić information content (AvgIpc) is 2.12. The number of hydrogen-bond donors (Lipinski definition) is 0. The van der Waals surface area contributed by atoms with E-state index in [1.807, 2.05) is 0 Å². The Kier molecular flexibility index (Phi) is 2.66. The van der Waals surface area contributed by atoms with Crippen molar-refractivity contribution in [1.29, 1.82) is 0 Å². The molecule has 0 heterocycles. The van der Waals surface area contributed by atoms with Crippen LogP contribution in [0.25, 0.3) is 0 Å². The minimum absolute atomic E-state index is 0.184. The van der Waals surface area contributed by atoms with Gasteiger partial charge in [0.1, 0.15) is 10.6 Å². The highest BCUT2D eigenvalue weighted by molar-refractivity contribution is 8.45. The second-order valence-corrected chi connectivity index (χ2v) is 5.70. The van der Waals surface area contributed by atoms with Crippen LogP contribution in [0.5, 0.6) is 5.75 Å². The summed E-state index contributed by atoms with van der Waals surface area (Å²) >= 11 is 0. The molecule has 0 fully saturated rings. The third-order valence-corrected chi connectivity index (χ3v) is 2.87. The highest BCUT2D eigenvalue weighted by Crippen LogP contribution is 3.02. The van der Waals surface area contributed by atoms with Crippen LogP contribution in [0.15, 0.2) is 29.2 Å². The predicted octanol–water partition coefficient (Wildman–Crippen LogP) is 5.13. The molecule has 0 bridgehead atoms. The summed E-state index contributed by atoms with van der Waals surface area (Å²) in [4.78, 5) is -1.92. The molecule has 1 aromatic carbocycles. The summed E-state index contributed by atoms with van der Waals surface area (Å²) in [6.45, 7) is 1.94. The summed E-state index contributed by atoms with van der Waals surface area (Å²) in [7, 11) is -9.59. The Hall–Kier alpha value is -0.980. The zero-order chi connectivity index (χ0) is 12.5. The number of ether oxygens (including phenoxy) is 1. The van der Waals surface area contributed by atoms with Crippen molar-refractivity contribution < 1.29 is 24.2 Å². The lowest BCUT2D eigenvalue weighted by Crippen LogP contribution is -2.06. The molecular formula is C9H11F5OS. The first-order valence-corrected chi connectivity index (χ1v) is 6.45. The van der Waals surface area contributed by atoms with Gasteiger partial charge in [-0.3, -0.25) is 0 Å². The van der Waals surface area contributed by atoms with E-state index < -0.39 is 15.1 Å². The van der Waals surface area contributed by atoms with E-state index in [0.29, 0.717) is 18.6 Å². The maximum absolute atomic E-state index is 12.4. The molecule has 0 aliphatic carbocycles. The van der Waals surface area contributed by atoms with E-state index >= 15 is 0 Å². The molecule has 0 aliphatic rings. The molecule has 0 aromatic heterocycles. The van der Waals surface area contributed by atoms with Crippen molar-refractivity contribution in [2.45, 2.75) is 18.2 Å². The molecule has 0 atom stereocenters. The monoisotopic (exact) mass is 262 g/mol. The van der Waals surface area contributed by atoms with Gasteiger partial charge in [-0.2, -0.15) is 0 Å². The van der Waals surface area contributed by atoms with Crippen molar-refractivity contribution in [2.24, 2.45) is 0 Å². The molecule has 0 unspecified atom stereocenters. The van der Waals surface area contributed by atoms with Gasteiger partial charge in [-0.1, -0.05) is 32.4 Å². The van der Waals surface area contributed by atoms with Crippen LogP contribution in [-0.4, -0.2) is 6.61 Å². The Morgan fingerprint density at radius 3 is 2.25 bits per heavy atom. The van der Waals surface area contributed by atoms with E-state index in [1.165, 1.54) is 6.07 Å². The number of benzene rings is 1. The largest absolute Gasteiger partial charge is 0.494 e. The Labute approximate surface area is 89.9 Å². The van der Waals surface area contributed by atoms with Gasteiger partial charge in [0, 0.05) is 6.07 Å². The molecule has 1 rings (SSSR count). The van der Waals surface area contributed by atoms with Gasteiger partial charge in [-0.05, 0) is 18.6 Å². The van der Waals surface area contributed by atoms with E-state index in [0.717, 1.165) is 6.07 Å². The van der Waals surface area contributed by atoms with Crippen molar-refractivity contribution >= 4 is 10.2 Å². The van der Waals surface area contributed by atoms with Gasteiger partial charge in [-0.15, -0.1) is 0 Å². The molecule has 94 valence electrons. The second-order valence-electron chi connectivity index (χ2n) is 3.29. The van der Waals surface area contributed by atoms with Gasteiger partial charge in [-0.25, -0.2) is 0 Å². The second kappa shape index (κ2) is 3.26. The lowest BCUT2D eigenvalue weighted by molar-refractivity contribution is 0.314. The van der Waals surface area contributed by atoms with E-state index in [1.54, 1.807) is 6.92 Å². The molecule has 0 spiro atoms. The molecule has 0 N–H and O–H groups in total. The Morgan fingerprint density at radius 2 is 1.75 bits per heavy atom. The number of rotatable bonds is 4. The predicted molar refractivity (Wildman–Crippen MR) is 53.6 cm³/mol. The molecular weight excluding hydrogens is 251 g/mol. The minimum Gasteiger partial charge on any atom is -0.494 e. The number of hydrogen-bond acceptors (Lipinski definition) is 1. The molecule has 0 amide bonds. The Bertz CT molecular complexity index is 385. The normalized spacial score (nSPS) is 16.4. The molecule has 0 aliphatic heterocycles. The van der Waals surface area contributed by atoms with Crippen LogP contribution in [0.3, 0.4) is 0 Å². The van der Waals surface area contributed by atoms with Crippen molar-refractivity contribution in [3.8, 4) is 5.75 Å². The average molecular weight is 262 g/mol. The maximum Gasteiger partial charge on any atom is 0.310 e. The Balaban J connectivity index is 3.10. The topological polar surface area (TPSA) is 9.23 Å². The van der Waals surface area contributed by atoms with Gasteiger partial charge in [0.25, 0.3) is 0 Å². The van der Waals surface area contributed by atoms with Crippen LogP contribution in [0.4, 0.5) is 19.4 Å². The standard InChI is InChI=1S/C9H11F5OS/c1-2-6-15-8-4-3-5-9(7-8)16(10,11,12,13)14/h3-5,7H,2,6H2,1H3. The summed E-state index contributed by atoms with van der Waals surface area (Å²) < 4.78 is 66.8. The van der Waals surface area contributed by atoms with Crippen LogP contribution in [-0.2, 0) is 0 Å². The summed E-state index contributed by atoms with van der Waals surface area (Å²) in [5.74, 6) is -0.201. The maximum atomic E-state index is 12.4. The quantitative estimate of drug-likeness (QED) is 0.683. The summed E-state index contributed by atoms with van der Waals surface area (Å²) in [6, 6.07) is 2.79. The molecule has 16 heavy (non-hydrogen) atoms. The SMILES string of the molecule is CCCOc1cccc(S(F)(F)(F)(F)F)c1. The summed E-state index contributed by atoms with van der Waals surface area (Å²) in [6.07, 6.45) is 0.584.